The summed E-state index contributed by atoms with van der Waals surface area (Å²) < 4.78 is 6.07. The molecule has 7 heteroatoms. The second kappa shape index (κ2) is 8.52. The van der Waals surface area contributed by atoms with Gasteiger partial charge in [-0.3, -0.25) is 20.4 Å². The van der Waals surface area contributed by atoms with E-state index in [1.165, 1.54) is 6.08 Å². The monoisotopic (exact) mass is 408 g/mol. The van der Waals surface area contributed by atoms with E-state index in [0.29, 0.717) is 16.3 Å². The third-order valence-electron chi connectivity index (χ3n) is 3.01. The van der Waals surface area contributed by atoms with E-state index in [9.17, 15) is 9.59 Å². The Morgan fingerprint density at radius 2 is 1.83 bits per heavy atom. The number of carbonyl (C=O) groups is 2. The Hall–Kier alpha value is -2.31. The average molecular weight is 410 g/mol. The molecule has 2 aromatic rings. The van der Waals surface area contributed by atoms with Gasteiger partial charge in [0.15, 0.2) is 0 Å². The van der Waals surface area contributed by atoms with E-state index in [-0.39, 0.29) is 0 Å². The highest BCUT2D eigenvalue weighted by Crippen LogP contribution is 2.23. The molecule has 0 aliphatic carbocycles. The molecule has 2 N–H and O–H groups in total. The molecule has 0 saturated heterocycles. The van der Waals surface area contributed by atoms with Gasteiger partial charge in [0.25, 0.3) is 11.8 Å². The van der Waals surface area contributed by atoms with Crippen LogP contribution in [-0.4, -0.2) is 18.9 Å². The normalized spacial score (nSPS) is 10.5. The number of halogens is 2. The fourth-order valence-corrected chi connectivity index (χ4v) is 2.34. The van der Waals surface area contributed by atoms with E-state index in [1.54, 1.807) is 43.5 Å². The molecule has 124 valence electrons. The Morgan fingerprint density at radius 1 is 1.12 bits per heavy atom. The zero-order valence-electron chi connectivity index (χ0n) is 12.7. The van der Waals surface area contributed by atoms with Gasteiger partial charge in [0.1, 0.15) is 5.75 Å². The molecule has 0 bridgehead atoms. The van der Waals surface area contributed by atoms with Gasteiger partial charge in [-0.25, -0.2) is 0 Å². The van der Waals surface area contributed by atoms with Crippen LogP contribution >= 0.6 is 27.5 Å². The van der Waals surface area contributed by atoms with Crippen LogP contribution in [0, 0.1) is 0 Å². The molecule has 0 spiro atoms. The van der Waals surface area contributed by atoms with Crippen LogP contribution in [0.15, 0.2) is 53.0 Å². The fourth-order valence-electron chi connectivity index (χ4n) is 1.83. The lowest BCUT2D eigenvalue weighted by Crippen LogP contribution is -2.40. The van der Waals surface area contributed by atoms with Crippen LogP contribution in [0.1, 0.15) is 15.9 Å². The molecule has 0 heterocycles. The third kappa shape index (κ3) is 5.11. The molecule has 0 radical (unpaired) electrons. The highest BCUT2D eigenvalue weighted by atomic mass is 79.9. The van der Waals surface area contributed by atoms with Crippen LogP contribution in [0.3, 0.4) is 0 Å². The molecule has 2 amide bonds. The maximum Gasteiger partial charge on any atom is 0.269 e. The van der Waals surface area contributed by atoms with Crippen LogP contribution in [0.5, 0.6) is 5.75 Å². The first kappa shape index (κ1) is 18.0. The Balaban J connectivity index is 1.94. The summed E-state index contributed by atoms with van der Waals surface area (Å²) in [7, 11) is 1.55. The maximum absolute atomic E-state index is 11.9. The second-order valence-corrected chi connectivity index (χ2v) is 6.02. The molecule has 5 nitrogen and oxygen atoms in total. The third-order valence-corrected chi connectivity index (χ3v) is 3.76. The first-order chi connectivity index (χ1) is 11.5. The summed E-state index contributed by atoms with van der Waals surface area (Å²) in [6, 6.07) is 11.7. The van der Waals surface area contributed by atoms with Crippen molar-refractivity contribution in [3.63, 3.8) is 0 Å². The Labute approximate surface area is 152 Å². The first-order valence-corrected chi connectivity index (χ1v) is 8.04. The first-order valence-electron chi connectivity index (χ1n) is 6.87. The summed E-state index contributed by atoms with van der Waals surface area (Å²) in [6.45, 7) is 0. The van der Waals surface area contributed by atoms with Crippen LogP contribution in [0.2, 0.25) is 5.02 Å². The molecular weight excluding hydrogens is 396 g/mol. The zero-order chi connectivity index (χ0) is 17.5. The number of methoxy groups -OCH3 is 1. The van der Waals surface area contributed by atoms with E-state index in [2.05, 4.69) is 26.8 Å². The van der Waals surface area contributed by atoms with Crippen molar-refractivity contribution >= 4 is 45.4 Å². The van der Waals surface area contributed by atoms with Gasteiger partial charge in [0.2, 0.25) is 0 Å². The molecule has 0 aliphatic rings. The number of nitrogens with one attached hydrogen (secondary N) is 2. The van der Waals surface area contributed by atoms with Gasteiger partial charge in [-0.15, -0.1) is 0 Å². The van der Waals surface area contributed by atoms with Gasteiger partial charge in [-0.1, -0.05) is 27.5 Å². The lowest BCUT2D eigenvalue weighted by molar-refractivity contribution is -0.117. The lowest BCUT2D eigenvalue weighted by Gasteiger charge is -2.06. The van der Waals surface area contributed by atoms with Gasteiger partial charge in [0, 0.05) is 26.7 Å². The summed E-state index contributed by atoms with van der Waals surface area (Å²) >= 11 is 9.11. The number of benzene rings is 2. The van der Waals surface area contributed by atoms with Crippen molar-refractivity contribution in [3.05, 3.63) is 69.2 Å². The van der Waals surface area contributed by atoms with Crippen LogP contribution in [-0.2, 0) is 4.79 Å². The largest absolute Gasteiger partial charge is 0.496 e. The van der Waals surface area contributed by atoms with Crippen molar-refractivity contribution in [1.82, 2.24) is 10.9 Å². The summed E-state index contributed by atoms with van der Waals surface area (Å²) in [6.07, 6.45) is 2.89. The van der Waals surface area contributed by atoms with Crippen LogP contribution in [0.4, 0.5) is 0 Å². The summed E-state index contributed by atoms with van der Waals surface area (Å²) in [4.78, 5) is 23.7. The smallest absolute Gasteiger partial charge is 0.269 e. The van der Waals surface area contributed by atoms with Crippen molar-refractivity contribution in [1.29, 1.82) is 0 Å². The Kier molecular flexibility index (Phi) is 6.40. The predicted molar refractivity (Wildman–Crippen MR) is 96.8 cm³/mol. The highest BCUT2D eigenvalue weighted by Gasteiger charge is 2.06. The highest BCUT2D eigenvalue weighted by molar-refractivity contribution is 9.10. The summed E-state index contributed by atoms with van der Waals surface area (Å²) in [5.74, 6) is -0.278. The minimum atomic E-state index is -0.473. The maximum atomic E-state index is 11.9. The number of hydrazine groups is 1. The number of rotatable bonds is 4. The minimum Gasteiger partial charge on any atom is -0.496 e. The van der Waals surface area contributed by atoms with Gasteiger partial charge in [-0.2, -0.15) is 0 Å². The minimum absolute atomic E-state index is 0.386. The van der Waals surface area contributed by atoms with E-state index >= 15 is 0 Å². The number of amides is 2. The van der Waals surface area contributed by atoms with Gasteiger partial charge < -0.3 is 4.74 Å². The number of hydrogen-bond donors (Lipinski definition) is 2. The molecular formula is C17H14BrClN2O3. The van der Waals surface area contributed by atoms with Crippen molar-refractivity contribution in [2.75, 3.05) is 7.11 Å². The van der Waals surface area contributed by atoms with E-state index < -0.39 is 11.8 Å². The molecule has 0 unspecified atom stereocenters. The number of carbonyl (C=O) groups excluding carboxylic acids is 2. The molecule has 2 aromatic carbocycles. The van der Waals surface area contributed by atoms with Crippen molar-refractivity contribution in [2.45, 2.75) is 0 Å². The number of hydrogen-bond acceptors (Lipinski definition) is 3. The summed E-state index contributed by atoms with van der Waals surface area (Å²) in [5, 5.41) is 0.529. The summed E-state index contributed by atoms with van der Waals surface area (Å²) in [5.41, 5.74) is 5.74. The van der Waals surface area contributed by atoms with Crippen LogP contribution in [0.25, 0.3) is 6.08 Å². The van der Waals surface area contributed by atoms with E-state index in [4.69, 9.17) is 16.3 Å². The topological polar surface area (TPSA) is 67.4 Å². The molecule has 24 heavy (non-hydrogen) atoms. The molecule has 0 saturated carbocycles. The standard InChI is InChI=1S/C17H14BrClN2O3/c1-24-15-8-5-13(18)10-12(15)4-9-16(22)20-21-17(23)11-2-6-14(19)7-3-11/h2-10H,1H3,(H,20,22)(H,21,23). The fraction of sp³-hybridized carbons (Fsp3) is 0.0588. The van der Waals surface area contributed by atoms with E-state index in [1.807, 2.05) is 12.1 Å². The Bertz CT molecular complexity index is 776. The lowest BCUT2D eigenvalue weighted by atomic mass is 10.2. The van der Waals surface area contributed by atoms with Crippen LogP contribution < -0.4 is 15.6 Å². The second-order valence-electron chi connectivity index (χ2n) is 4.67. The van der Waals surface area contributed by atoms with Gasteiger partial charge in [0.05, 0.1) is 7.11 Å². The zero-order valence-corrected chi connectivity index (χ0v) is 15.0. The SMILES string of the molecule is COc1ccc(Br)cc1C=CC(=O)NNC(=O)c1ccc(Cl)cc1. The number of ether oxygens (including phenoxy) is 1. The molecule has 0 aromatic heterocycles. The van der Waals surface area contributed by atoms with Crippen molar-refractivity contribution in [3.8, 4) is 5.75 Å². The molecule has 0 aliphatic heterocycles. The quantitative estimate of drug-likeness (QED) is 0.599. The van der Waals surface area contributed by atoms with E-state index in [0.717, 1.165) is 10.0 Å². The van der Waals surface area contributed by atoms with Gasteiger partial charge in [-0.05, 0) is 48.5 Å². The Morgan fingerprint density at radius 3 is 2.50 bits per heavy atom. The molecule has 0 fully saturated rings. The van der Waals surface area contributed by atoms with Crippen molar-refractivity contribution in [2.24, 2.45) is 0 Å². The van der Waals surface area contributed by atoms with Crippen molar-refractivity contribution < 1.29 is 14.3 Å². The predicted octanol–water partition coefficient (Wildman–Crippen LogP) is 3.59. The average Bonchev–Trinajstić information content (AvgIpc) is 2.58. The van der Waals surface area contributed by atoms with Gasteiger partial charge >= 0.3 is 0 Å². The molecule has 2 rings (SSSR count). The molecule has 0 atom stereocenters.